The molecule has 0 saturated carbocycles. The van der Waals surface area contributed by atoms with Gasteiger partial charge in [0.2, 0.25) is 5.91 Å². The van der Waals surface area contributed by atoms with E-state index < -0.39 is 23.8 Å². The van der Waals surface area contributed by atoms with Crippen LogP contribution in [0.1, 0.15) is 6.92 Å². The highest BCUT2D eigenvalue weighted by molar-refractivity contribution is 8.00. The van der Waals surface area contributed by atoms with Crippen molar-refractivity contribution in [2.24, 2.45) is 5.41 Å². The van der Waals surface area contributed by atoms with E-state index in [0.29, 0.717) is 13.1 Å². The number of hydrogen-bond acceptors (Lipinski definition) is 5. The number of hydrogen-bond donors (Lipinski definition) is 1. The molecule has 3 aliphatic rings. The average Bonchev–Trinajstić information content (AvgIpc) is 2.85. The van der Waals surface area contributed by atoms with Gasteiger partial charge in [-0.3, -0.25) is 9.69 Å². The van der Waals surface area contributed by atoms with Gasteiger partial charge in [-0.25, -0.2) is 13.6 Å². The monoisotopic (exact) mass is 383 g/mol. The Morgan fingerprint density at radius 2 is 2.00 bits per heavy atom. The molecule has 0 bridgehead atoms. The largest absolute Gasteiger partial charge is 0.442 e. The van der Waals surface area contributed by atoms with Crippen molar-refractivity contribution in [2.45, 2.75) is 13.0 Å². The van der Waals surface area contributed by atoms with E-state index in [4.69, 9.17) is 4.74 Å². The second-order valence-electron chi connectivity index (χ2n) is 7.16. The Kier molecular flexibility index (Phi) is 4.21. The lowest BCUT2D eigenvalue weighted by atomic mass is 9.82. The van der Waals surface area contributed by atoms with E-state index in [2.05, 4.69) is 5.32 Å². The quantitative estimate of drug-likeness (QED) is 0.862. The van der Waals surface area contributed by atoms with Crippen LogP contribution < -0.4 is 15.1 Å². The lowest BCUT2D eigenvalue weighted by Gasteiger charge is -2.56. The molecule has 1 N–H and O–H groups in total. The Morgan fingerprint density at radius 3 is 2.54 bits per heavy atom. The van der Waals surface area contributed by atoms with Gasteiger partial charge in [0, 0.05) is 49.1 Å². The molecular weight excluding hydrogens is 364 g/mol. The molecule has 2 amide bonds. The fraction of sp³-hybridized carbons (Fsp3) is 0.529. The molecule has 1 atom stereocenters. The van der Waals surface area contributed by atoms with E-state index in [-0.39, 0.29) is 35.8 Å². The molecule has 1 unspecified atom stereocenters. The first-order valence-corrected chi connectivity index (χ1v) is 9.57. The minimum atomic E-state index is -0.681. The van der Waals surface area contributed by atoms with Gasteiger partial charge in [0.15, 0.2) is 11.6 Å². The van der Waals surface area contributed by atoms with Crippen LogP contribution in [0.25, 0.3) is 0 Å². The third kappa shape index (κ3) is 2.98. The first-order chi connectivity index (χ1) is 12.4. The molecule has 3 saturated heterocycles. The van der Waals surface area contributed by atoms with E-state index in [1.165, 1.54) is 24.0 Å². The predicted molar refractivity (Wildman–Crippen MR) is 94.6 cm³/mol. The Balaban J connectivity index is 1.48. The maximum Gasteiger partial charge on any atom is 0.414 e. The third-order valence-corrected chi connectivity index (χ3v) is 6.58. The number of amides is 2. The van der Waals surface area contributed by atoms with Gasteiger partial charge >= 0.3 is 6.09 Å². The van der Waals surface area contributed by atoms with Crippen LogP contribution in [0.2, 0.25) is 0 Å². The molecule has 1 spiro atoms. The fourth-order valence-electron chi connectivity index (χ4n) is 3.60. The number of carbonyl (C=O) groups is 2. The number of ether oxygens (including phenoxy) is 1. The van der Waals surface area contributed by atoms with Crippen LogP contribution >= 0.6 is 11.8 Å². The molecule has 1 aromatic rings. The summed E-state index contributed by atoms with van der Waals surface area (Å²) in [5, 5.41) is 2.56. The summed E-state index contributed by atoms with van der Waals surface area (Å²) in [6.45, 7) is 2.98. The molecule has 6 nitrogen and oxygen atoms in total. The van der Waals surface area contributed by atoms with Crippen molar-refractivity contribution in [2.75, 3.05) is 47.5 Å². The van der Waals surface area contributed by atoms with Crippen molar-refractivity contribution in [3.8, 4) is 0 Å². The minimum absolute atomic E-state index is 0.0290. The summed E-state index contributed by atoms with van der Waals surface area (Å²) in [4.78, 5) is 25.9. The number of carbonyl (C=O) groups excluding carboxylic acids is 2. The van der Waals surface area contributed by atoms with Crippen molar-refractivity contribution in [1.82, 2.24) is 5.32 Å². The van der Waals surface area contributed by atoms with Crippen LogP contribution in [0, 0.1) is 17.0 Å². The number of cyclic esters (lactones) is 1. The summed E-state index contributed by atoms with van der Waals surface area (Å²) in [5.74, 6) is 0.485. The van der Waals surface area contributed by atoms with Crippen molar-refractivity contribution >= 4 is 35.1 Å². The van der Waals surface area contributed by atoms with Crippen LogP contribution in [0.5, 0.6) is 0 Å². The second-order valence-corrected chi connectivity index (χ2v) is 8.15. The lowest BCUT2D eigenvalue weighted by Crippen LogP contribution is -2.63. The molecular formula is C17H19F2N3O3S. The Bertz CT molecular complexity index is 741. The van der Waals surface area contributed by atoms with Gasteiger partial charge in [-0.15, -0.1) is 0 Å². The number of benzene rings is 1. The lowest BCUT2D eigenvalue weighted by molar-refractivity contribution is -0.119. The number of rotatable bonds is 4. The molecule has 0 aromatic heterocycles. The van der Waals surface area contributed by atoms with Gasteiger partial charge in [0.1, 0.15) is 11.8 Å². The fourth-order valence-corrected chi connectivity index (χ4v) is 4.75. The van der Waals surface area contributed by atoms with Gasteiger partial charge in [0.25, 0.3) is 0 Å². The number of halogens is 2. The molecule has 0 aliphatic carbocycles. The highest BCUT2D eigenvalue weighted by atomic mass is 32.2. The third-order valence-electron chi connectivity index (χ3n) is 4.95. The van der Waals surface area contributed by atoms with E-state index in [0.717, 1.165) is 11.5 Å². The van der Waals surface area contributed by atoms with Crippen LogP contribution in [0.3, 0.4) is 0 Å². The zero-order valence-electron chi connectivity index (χ0n) is 14.3. The molecule has 3 fully saturated rings. The number of nitrogens with zero attached hydrogens (tertiary/aromatic N) is 2. The molecule has 26 heavy (non-hydrogen) atoms. The Hall–Kier alpha value is -2.03. The van der Waals surface area contributed by atoms with E-state index in [9.17, 15) is 18.4 Å². The summed E-state index contributed by atoms with van der Waals surface area (Å²) in [5.41, 5.74) is 0.310. The molecule has 3 heterocycles. The topological polar surface area (TPSA) is 61.9 Å². The Morgan fingerprint density at radius 1 is 1.35 bits per heavy atom. The van der Waals surface area contributed by atoms with Gasteiger partial charge < -0.3 is 15.0 Å². The minimum Gasteiger partial charge on any atom is -0.442 e. The molecule has 9 heteroatoms. The molecule has 0 radical (unpaired) electrons. The van der Waals surface area contributed by atoms with E-state index in [1.54, 1.807) is 4.90 Å². The van der Waals surface area contributed by atoms with Crippen molar-refractivity contribution in [1.29, 1.82) is 0 Å². The first-order valence-electron chi connectivity index (χ1n) is 8.41. The number of nitrogens with one attached hydrogen (secondary N) is 1. The smallest absolute Gasteiger partial charge is 0.414 e. The summed E-state index contributed by atoms with van der Waals surface area (Å²) >= 11 is 1.85. The van der Waals surface area contributed by atoms with Gasteiger partial charge in [-0.05, 0) is 0 Å². The maximum atomic E-state index is 14.6. The van der Waals surface area contributed by atoms with Crippen molar-refractivity contribution in [3.05, 3.63) is 23.8 Å². The molecule has 3 aliphatic heterocycles. The van der Waals surface area contributed by atoms with Gasteiger partial charge in [0.05, 0.1) is 18.8 Å². The number of thioether (sulfide) groups is 1. The highest BCUT2D eigenvalue weighted by Crippen LogP contribution is 2.48. The highest BCUT2D eigenvalue weighted by Gasteiger charge is 2.49. The molecule has 4 rings (SSSR count). The predicted octanol–water partition coefficient (Wildman–Crippen LogP) is 1.98. The first kappa shape index (κ1) is 17.4. The van der Waals surface area contributed by atoms with Crippen LogP contribution in [0.4, 0.5) is 25.0 Å². The van der Waals surface area contributed by atoms with Gasteiger partial charge in [-0.2, -0.15) is 11.8 Å². The Labute approximate surface area is 153 Å². The average molecular weight is 383 g/mol. The van der Waals surface area contributed by atoms with Crippen molar-refractivity contribution in [3.63, 3.8) is 0 Å². The molecule has 1 aromatic carbocycles. The zero-order chi connectivity index (χ0) is 18.5. The summed E-state index contributed by atoms with van der Waals surface area (Å²) in [7, 11) is 0. The standard InChI is InChI=1S/C17H19F2N3O3S/c1-10(23)20-4-12-5-22(16(24)25-12)11-2-13(18)15(14(19)3-11)21-6-17(7-21)8-26-9-17/h2-3,12H,4-9H2,1H3,(H,20,23). The van der Waals surface area contributed by atoms with Crippen LogP contribution in [0.15, 0.2) is 12.1 Å². The van der Waals surface area contributed by atoms with Crippen molar-refractivity contribution < 1.29 is 23.1 Å². The van der Waals surface area contributed by atoms with E-state index >= 15 is 0 Å². The van der Waals surface area contributed by atoms with Crippen LogP contribution in [-0.4, -0.2) is 55.8 Å². The SMILES string of the molecule is CC(=O)NCC1CN(c2cc(F)c(N3CC4(CSC4)C3)c(F)c2)C(=O)O1. The molecule has 140 valence electrons. The zero-order valence-corrected chi connectivity index (χ0v) is 15.1. The van der Waals surface area contributed by atoms with Crippen LogP contribution in [-0.2, 0) is 9.53 Å². The number of anilines is 2. The maximum absolute atomic E-state index is 14.6. The summed E-state index contributed by atoms with van der Waals surface area (Å²) in [6, 6.07) is 2.34. The van der Waals surface area contributed by atoms with Gasteiger partial charge in [-0.1, -0.05) is 0 Å². The second kappa shape index (κ2) is 6.29. The summed E-state index contributed by atoms with van der Waals surface area (Å²) in [6.07, 6.45) is -1.23. The van der Waals surface area contributed by atoms with E-state index in [1.807, 2.05) is 11.8 Å². The normalized spacial score (nSPS) is 23.5. The summed E-state index contributed by atoms with van der Waals surface area (Å²) < 4.78 is 34.3.